The molecule has 1 atom stereocenters. The summed E-state index contributed by atoms with van der Waals surface area (Å²) in [6.45, 7) is 5.54. The summed E-state index contributed by atoms with van der Waals surface area (Å²) in [5.41, 5.74) is 1.09. The number of hydrogen-bond donors (Lipinski definition) is 1. The molecule has 1 aromatic heterocycles. The Labute approximate surface area is 121 Å². The number of aryl methyl sites for hydroxylation is 1. The van der Waals surface area contributed by atoms with Crippen LogP contribution in [0.15, 0.2) is 12.4 Å². The van der Waals surface area contributed by atoms with Crippen LogP contribution in [0.2, 0.25) is 0 Å². The lowest BCUT2D eigenvalue weighted by Crippen LogP contribution is -2.29. The molecule has 0 saturated carbocycles. The van der Waals surface area contributed by atoms with Gasteiger partial charge in [0.1, 0.15) is 0 Å². The Morgan fingerprint density at radius 1 is 1.45 bits per heavy atom. The third kappa shape index (κ3) is 4.34. The van der Waals surface area contributed by atoms with E-state index in [4.69, 9.17) is 0 Å². The highest BCUT2D eigenvalue weighted by Gasteiger charge is 2.15. The predicted molar refractivity (Wildman–Crippen MR) is 79.3 cm³/mol. The van der Waals surface area contributed by atoms with Gasteiger partial charge in [-0.1, -0.05) is 6.92 Å². The van der Waals surface area contributed by atoms with E-state index in [1.807, 2.05) is 19.4 Å². The molecular weight excluding hydrogens is 252 g/mol. The lowest BCUT2D eigenvalue weighted by Gasteiger charge is -2.17. The van der Waals surface area contributed by atoms with Crippen LogP contribution in [0, 0.1) is 0 Å². The third-order valence-corrected chi connectivity index (χ3v) is 3.95. The summed E-state index contributed by atoms with van der Waals surface area (Å²) in [6.07, 6.45) is 8.89. The van der Waals surface area contributed by atoms with Crippen LogP contribution in [0.25, 0.3) is 0 Å². The molecule has 1 N–H and O–H groups in total. The maximum atomic E-state index is 12.0. The van der Waals surface area contributed by atoms with Crippen molar-refractivity contribution < 1.29 is 4.79 Å². The van der Waals surface area contributed by atoms with Crippen molar-refractivity contribution in [1.82, 2.24) is 20.0 Å². The predicted octanol–water partition coefficient (Wildman–Crippen LogP) is 1.86. The van der Waals surface area contributed by atoms with Gasteiger partial charge < -0.3 is 10.2 Å². The summed E-state index contributed by atoms with van der Waals surface area (Å²) >= 11 is 0. The van der Waals surface area contributed by atoms with Crippen molar-refractivity contribution >= 4 is 5.91 Å². The molecule has 0 aromatic carbocycles. The van der Waals surface area contributed by atoms with Gasteiger partial charge in [-0.25, -0.2) is 0 Å². The number of carbonyl (C=O) groups excluding carboxylic acids is 1. The minimum absolute atomic E-state index is 0.0861. The van der Waals surface area contributed by atoms with Crippen LogP contribution in [0.1, 0.15) is 50.6 Å². The highest BCUT2D eigenvalue weighted by atomic mass is 16.1. The summed E-state index contributed by atoms with van der Waals surface area (Å²) in [6, 6.07) is 0.0861. The molecule has 1 fully saturated rings. The topological polar surface area (TPSA) is 50.2 Å². The fourth-order valence-electron chi connectivity index (χ4n) is 2.78. The molecule has 0 aliphatic carbocycles. The van der Waals surface area contributed by atoms with E-state index in [-0.39, 0.29) is 11.9 Å². The number of amides is 1. The Balaban J connectivity index is 1.71. The number of carbonyl (C=O) groups is 1. The molecule has 0 bridgehead atoms. The maximum absolute atomic E-state index is 12.0. The minimum atomic E-state index is 0.0861. The first-order valence-corrected chi connectivity index (χ1v) is 7.69. The van der Waals surface area contributed by atoms with Gasteiger partial charge in [0, 0.05) is 25.2 Å². The van der Waals surface area contributed by atoms with Crippen molar-refractivity contribution in [3.05, 3.63) is 18.0 Å². The van der Waals surface area contributed by atoms with Crippen LogP contribution in [-0.4, -0.2) is 40.2 Å². The number of hydrogen-bond acceptors (Lipinski definition) is 3. The molecule has 0 spiro atoms. The number of likely N-dealkylation sites (tertiary alicyclic amines) is 1. The van der Waals surface area contributed by atoms with E-state index in [0.717, 1.165) is 24.9 Å². The van der Waals surface area contributed by atoms with Gasteiger partial charge in [0.05, 0.1) is 12.2 Å². The molecule has 0 radical (unpaired) electrons. The molecule has 5 nitrogen and oxygen atoms in total. The number of rotatable bonds is 7. The first kappa shape index (κ1) is 15.0. The van der Waals surface area contributed by atoms with E-state index in [2.05, 4.69) is 22.2 Å². The Morgan fingerprint density at radius 2 is 2.20 bits per heavy atom. The van der Waals surface area contributed by atoms with Crippen molar-refractivity contribution in [2.24, 2.45) is 7.05 Å². The minimum Gasteiger partial charge on any atom is -0.349 e. The number of nitrogens with zero attached hydrogens (tertiary/aromatic N) is 3. The summed E-state index contributed by atoms with van der Waals surface area (Å²) in [5.74, 6) is 0.153. The van der Waals surface area contributed by atoms with Crippen molar-refractivity contribution in [3.8, 4) is 0 Å². The van der Waals surface area contributed by atoms with E-state index < -0.39 is 0 Å². The van der Waals surface area contributed by atoms with E-state index >= 15 is 0 Å². The van der Waals surface area contributed by atoms with Crippen LogP contribution in [-0.2, 0) is 11.8 Å². The Kier molecular flexibility index (Phi) is 5.59. The Morgan fingerprint density at radius 3 is 2.80 bits per heavy atom. The van der Waals surface area contributed by atoms with E-state index in [0.29, 0.717) is 6.42 Å². The Bertz CT molecular complexity index is 423. The lowest BCUT2D eigenvalue weighted by molar-refractivity contribution is -0.122. The summed E-state index contributed by atoms with van der Waals surface area (Å²) in [4.78, 5) is 14.5. The second kappa shape index (κ2) is 7.43. The average molecular weight is 278 g/mol. The quantitative estimate of drug-likeness (QED) is 0.828. The maximum Gasteiger partial charge on any atom is 0.220 e. The Hall–Kier alpha value is -1.36. The highest BCUT2D eigenvalue weighted by molar-refractivity contribution is 5.76. The van der Waals surface area contributed by atoms with Gasteiger partial charge in [-0.15, -0.1) is 0 Å². The van der Waals surface area contributed by atoms with Gasteiger partial charge >= 0.3 is 0 Å². The van der Waals surface area contributed by atoms with Crippen LogP contribution < -0.4 is 5.32 Å². The normalized spacial score (nSPS) is 17.3. The van der Waals surface area contributed by atoms with Crippen molar-refractivity contribution in [2.45, 2.75) is 45.1 Å². The molecule has 112 valence electrons. The molecule has 2 heterocycles. The summed E-state index contributed by atoms with van der Waals surface area (Å²) in [7, 11) is 1.90. The summed E-state index contributed by atoms with van der Waals surface area (Å²) < 4.78 is 1.78. The first-order valence-electron chi connectivity index (χ1n) is 7.69. The van der Waals surface area contributed by atoms with E-state index in [1.165, 1.54) is 25.9 Å². The molecule has 20 heavy (non-hydrogen) atoms. The largest absolute Gasteiger partial charge is 0.349 e. The fraction of sp³-hybridized carbons (Fsp3) is 0.733. The van der Waals surface area contributed by atoms with Gasteiger partial charge in [-0.2, -0.15) is 5.10 Å². The molecule has 1 amide bonds. The molecule has 1 saturated heterocycles. The molecule has 2 rings (SSSR count). The van der Waals surface area contributed by atoms with Gasteiger partial charge in [0.2, 0.25) is 5.91 Å². The van der Waals surface area contributed by atoms with Gasteiger partial charge in [-0.05, 0) is 45.3 Å². The van der Waals surface area contributed by atoms with Gasteiger partial charge in [0.25, 0.3) is 0 Å². The van der Waals surface area contributed by atoms with Gasteiger partial charge in [-0.3, -0.25) is 9.48 Å². The fourth-order valence-corrected chi connectivity index (χ4v) is 2.78. The van der Waals surface area contributed by atoms with E-state index in [1.54, 1.807) is 4.68 Å². The molecule has 5 heteroatoms. The lowest BCUT2D eigenvalue weighted by atomic mass is 10.1. The summed E-state index contributed by atoms with van der Waals surface area (Å²) in [5, 5.41) is 7.28. The SMILES string of the molecule is CC[C@H](NC(=O)CCCN1CCCC1)c1cnn(C)c1. The standard InChI is InChI=1S/C15H26N4O/c1-3-14(13-11-16-18(2)12-13)17-15(20)7-6-10-19-8-4-5-9-19/h11-12,14H,3-10H2,1-2H3,(H,17,20)/t14-/m0/s1. The molecule has 1 aliphatic heterocycles. The smallest absolute Gasteiger partial charge is 0.220 e. The monoisotopic (exact) mass is 278 g/mol. The third-order valence-electron chi connectivity index (χ3n) is 3.95. The molecule has 1 aliphatic rings. The number of nitrogens with one attached hydrogen (secondary N) is 1. The second-order valence-corrected chi connectivity index (χ2v) is 5.63. The molecular formula is C15H26N4O. The zero-order chi connectivity index (χ0) is 14.4. The second-order valence-electron chi connectivity index (χ2n) is 5.63. The van der Waals surface area contributed by atoms with Gasteiger partial charge in [0.15, 0.2) is 0 Å². The zero-order valence-electron chi connectivity index (χ0n) is 12.6. The van der Waals surface area contributed by atoms with Crippen molar-refractivity contribution in [2.75, 3.05) is 19.6 Å². The van der Waals surface area contributed by atoms with Crippen LogP contribution in [0.3, 0.4) is 0 Å². The van der Waals surface area contributed by atoms with Crippen molar-refractivity contribution in [3.63, 3.8) is 0 Å². The highest BCUT2D eigenvalue weighted by Crippen LogP contribution is 2.15. The van der Waals surface area contributed by atoms with Crippen LogP contribution in [0.5, 0.6) is 0 Å². The first-order chi connectivity index (χ1) is 9.69. The van der Waals surface area contributed by atoms with Crippen LogP contribution in [0.4, 0.5) is 0 Å². The average Bonchev–Trinajstić information content (AvgIpc) is 3.07. The molecule has 1 aromatic rings. The van der Waals surface area contributed by atoms with Crippen LogP contribution >= 0.6 is 0 Å². The zero-order valence-corrected chi connectivity index (χ0v) is 12.6. The number of aromatic nitrogens is 2. The van der Waals surface area contributed by atoms with E-state index in [9.17, 15) is 4.79 Å². The molecule has 0 unspecified atom stereocenters. The van der Waals surface area contributed by atoms with Crippen molar-refractivity contribution in [1.29, 1.82) is 0 Å².